The fourth-order valence-corrected chi connectivity index (χ4v) is 2.38. The maximum Gasteiger partial charge on any atom is 0.223 e. The molecule has 7 nitrogen and oxygen atoms in total. The highest BCUT2D eigenvalue weighted by atomic mass is 16.5. The average Bonchev–Trinajstić information content (AvgIpc) is 3.12. The van der Waals surface area contributed by atoms with Crippen molar-refractivity contribution in [1.29, 1.82) is 0 Å². The van der Waals surface area contributed by atoms with Crippen molar-refractivity contribution < 1.29 is 4.52 Å². The molecule has 4 rings (SSSR count). The van der Waals surface area contributed by atoms with Gasteiger partial charge in [-0.1, -0.05) is 5.16 Å². The second kappa shape index (κ2) is 4.73. The van der Waals surface area contributed by atoms with Crippen molar-refractivity contribution in [3.8, 4) is 22.8 Å². The molecule has 0 bridgehead atoms. The van der Waals surface area contributed by atoms with Crippen LogP contribution in [0.4, 0.5) is 0 Å². The number of hydrogen-bond donors (Lipinski definition) is 0. The van der Waals surface area contributed by atoms with E-state index in [1.54, 1.807) is 24.0 Å². The lowest BCUT2D eigenvalue weighted by atomic mass is 10.1. The monoisotopic (exact) mass is 292 g/mol. The van der Waals surface area contributed by atoms with Crippen LogP contribution in [-0.2, 0) is 7.05 Å². The summed E-state index contributed by atoms with van der Waals surface area (Å²) >= 11 is 0. The Bertz CT molecular complexity index is 971. The van der Waals surface area contributed by atoms with Crippen LogP contribution in [0.1, 0.15) is 5.89 Å². The lowest BCUT2D eigenvalue weighted by molar-refractivity contribution is 0.394. The molecule has 0 unspecified atom stereocenters. The van der Waals surface area contributed by atoms with Crippen LogP contribution in [0.5, 0.6) is 0 Å². The molecule has 0 aliphatic rings. The average molecular weight is 292 g/mol. The van der Waals surface area contributed by atoms with Crippen LogP contribution in [-0.4, -0.2) is 29.9 Å². The molecule has 0 saturated carbocycles. The van der Waals surface area contributed by atoms with Crippen molar-refractivity contribution in [2.24, 2.45) is 7.05 Å². The minimum atomic E-state index is 0.526. The van der Waals surface area contributed by atoms with Gasteiger partial charge in [0.05, 0.1) is 11.2 Å². The molecule has 0 fully saturated rings. The smallest absolute Gasteiger partial charge is 0.223 e. The van der Waals surface area contributed by atoms with E-state index in [0.29, 0.717) is 11.7 Å². The molecule has 0 aliphatic carbocycles. The van der Waals surface area contributed by atoms with Gasteiger partial charge in [0, 0.05) is 31.9 Å². The SMILES string of the molecule is Cc1nc(-c2ccnc(-c3nn(C)c4cccnc34)c2)no1. The molecular weight excluding hydrogens is 280 g/mol. The van der Waals surface area contributed by atoms with Gasteiger partial charge < -0.3 is 4.52 Å². The highest BCUT2D eigenvalue weighted by molar-refractivity contribution is 5.89. The summed E-state index contributed by atoms with van der Waals surface area (Å²) < 4.78 is 6.82. The van der Waals surface area contributed by atoms with Crippen molar-refractivity contribution in [2.75, 3.05) is 0 Å². The van der Waals surface area contributed by atoms with Gasteiger partial charge in [-0.25, -0.2) is 0 Å². The van der Waals surface area contributed by atoms with E-state index in [2.05, 4.69) is 25.2 Å². The normalized spacial score (nSPS) is 11.2. The number of rotatable bonds is 2. The summed E-state index contributed by atoms with van der Waals surface area (Å²) in [4.78, 5) is 13.1. The fraction of sp³-hybridized carbons (Fsp3) is 0.133. The summed E-state index contributed by atoms with van der Waals surface area (Å²) in [6.07, 6.45) is 3.46. The molecule has 4 heterocycles. The molecule has 0 N–H and O–H groups in total. The van der Waals surface area contributed by atoms with Crippen LogP contribution < -0.4 is 0 Å². The number of fused-ring (bicyclic) bond motifs is 1. The van der Waals surface area contributed by atoms with Crippen molar-refractivity contribution in [3.63, 3.8) is 0 Å². The third-order valence-electron chi connectivity index (χ3n) is 3.40. The quantitative estimate of drug-likeness (QED) is 0.564. The van der Waals surface area contributed by atoms with Gasteiger partial charge in [-0.15, -0.1) is 0 Å². The Balaban J connectivity index is 1.89. The van der Waals surface area contributed by atoms with Crippen LogP contribution in [0.3, 0.4) is 0 Å². The first-order chi connectivity index (χ1) is 10.7. The largest absolute Gasteiger partial charge is 0.339 e. The zero-order valence-corrected chi connectivity index (χ0v) is 12.1. The third-order valence-corrected chi connectivity index (χ3v) is 3.40. The molecule has 22 heavy (non-hydrogen) atoms. The summed E-state index contributed by atoms with van der Waals surface area (Å²) in [7, 11) is 1.89. The predicted octanol–water partition coefficient (Wildman–Crippen LogP) is 2.39. The highest BCUT2D eigenvalue weighted by Gasteiger charge is 2.14. The highest BCUT2D eigenvalue weighted by Crippen LogP contribution is 2.26. The van der Waals surface area contributed by atoms with Crippen LogP contribution in [0.2, 0.25) is 0 Å². The predicted molar refractivity (Wildman–Crippen MR) is 79.8 cm³/mol. The van der Waals surface area contributed by atoms with E-state index in [4.69, 9.17) is 4.52 Å². The zero-order chi connectivity index (χ0) is 15.1. The fourth-order valence-electron chi connectivity index (χ4n) is 2.38. The minimum absolute atomic E-state index is 0.526. The molecule has 7 heteroatoms. The van der Waals surface area contributed by atoms with E-state index in [1.165, 1.54) is 0 Å². The van der Waals surface area contributed by atoms with Crippen LogP contribution in [0.15, 0.2) is 41.2 Å². The lowest BCUT2D eigenvalue weighted by Crippen LogP contribution is -1.91. The maximum atomic E-state index is 5.03. The minimum Gasteiger partial charge on any atom is -0.339 e. The summed E-state index contributed by atoms with van der Waals surface area (Å²) in [5.74, 6) is 1.06. The van der Waals surface area contributed by atoms with Crippen LogP contribution in [0.25, 0.3) is 33.8 Å². The number of aryl methyl sites for hydroxylation is 2. The van der Waals surface area contributed by atoms with E-state index in [-0.39, 0.29) is 0 Å². The van der Waals surface area contributed by atoms with Gasteiger partial charge in [-0.05, 0) is 24.3 Å². The number of hydrogen-bond acceptors (Lipinski definition) is 6. The molecule has 0 radical (unpaired) electrons. The van der Waals surface area contributed by atoms with Crippen molar-refractivity contribution in [3.05, 3.63) is 42.5 Å². The first-order valence-electron chi connectivity index (χ1n) is 6.77. The Morgan fingerprint density at radius 1 is 1.14 bits per heavy atom. The van der Waals surface area contributed by atoms with Gasteiger partial charge >= 0.3 is 0 Å². The van der Waals surface area contributed by atoms with Gasteiger partial charge in [0.2, 0.25) is 11.7 Å². The van der Waals surface area contributed by atoms with Crippen molar-refractivity contribution in [2.45, 2.75) is 6.92 Å². The first-order valence-corrected chi connectivity index (χ1v) is 6.77. The van der Waals surface area contributed by atoms with Gasteiger partial charge in [-0.3, -0.25) is 14.6 Å². The number of aromatic nitrogens is 6. The van der Waals surface area contributed by atoms with Crippen LogP contribution in [0, 0.1) is 6.92 Å². The topological polar surface area (TPSA) is 82.5 Å². The second-order valence-electron chi connectivity index (χ2n) is 4.91. The Kier molecular flexibility index (Phi) is 2.72. The van der Waals surface area contributed by atoms with Gasteiger partial charge in [0.15, 0.2) is 0 Å². The van der Waals surface area contributed by atoms with Gasteiger partial charge in [-0.2, -0.15) is 10.1 Å². The van der Waals surface area contributed by atoms with E-state index < -0.39 is 0 Å². The molecule has 108 valence electrons. The number of nitrogens with zero attached hydrogens (tertiary/aromatic N) is 6. The second-order valence-corrected chi connectivity index (χ2v) is 4.91. The Morgan fingerprint density at radius 3 is 2.86 bits per heavy atom. The Labute approximate surface area is 125 Å². The molecular formula is C15H12N6O. The first kappa shape index (κ1) is 12.6. The summed E-state index contributed by atoms with van der Waals surface area (Å²) in [5.41, 5.74) is 4.07. The van der Waals surface area contributed by atoms with Gasteiger partial charge in [0.1, 0.15) is 11.2 Å². The number of pyridine rings is 2. The summed E-state index contributed by atoms with van der Waals surface area (Å²) in [6, 6.07) is 7.60. The van der Waals surface area contributed by atoms with E-state index >= 15 is 0 Å². The molecule has 0 saturated heterocycles. The molecule has 0 amide bonds. The van der Waals surface area contributed by atoms with E-state index in [9.17, 15) is 0 Å². The Morgan fingerprint density at radius 2 is 2.05 bits per heavy atom. The lowest BCUT2D eigenvalue weighted by Gasteiger charge is -1.99. The van der Waals surface area contributed by atoms with Gasteiger partial charge in [0.25, 0.3) is 0 Å². The van der Waals surface area contributed by atoms with E-state index in [0.717, 1.165) is 28.0 Å². The molecule has 0 atom stereocenters. The standard InChI is InChI=1S/C15H12N6O/c1-9-18-15(20-22-9)10-5-7-16-11(8-10)13-14-12(21(2)19-13)4-3-6-17-14/h3-8H,1-2H3. The molecule has 0 aromatic carbocycles. The molecule has 0 spiro atoms. The Hall–Kier alpha value is -3.09. The van der Waals surface area contributed by atoms with E-state index in [1.807, 2.05) is 31.3 Å². The van der Waals surface area contributed by atoms with Crippen molar-refractivity contribution >= 4 is 11.0 Å². The molecule has 4 aromatic heterocycles. The summed E-state index contributed by atoms with van der Waals surface area (Å²) in [5, 5.41) is 8.46. The van der Waals surface area contributed by atoms with Crippen LogP contribution >= 0.6 is 0 Å². The maximum absolute atomic E-state index is 5.03. The zero-order valence-electron chi connectivity index (χ0n) is 12.1. The molecule has 4 aromatic rings. The summed E-state index contributed by atoms with van der Waals surface area (Å²) in [6.45, 7) is 1.76. The molecule has 0 aliphatic heterocycles. The third kappa shape index (κ3) is 1.95. The van der Waals surface area contributed by atoms with Crippen molar-refractivity contribution in [1.82, 2.24) is 29.9 Å².